The number of anilines is 1. The first-order chi connectivity index (χ1) is 12.1. The van der Waals surface area contributed by atoms with Crippen LogP contribution < -0.4 is 5.43 Å². The number of thiazole rings is 1. The van der Waals surface area contributed by atoms with Crippen LogP contribution in [0.1, 0.15) is 18.1 Å². The Balaban J connectivity index is 1.65. The summed E-state index contributed by atoms with van der Waals surface area (Å²) < 4.78 is 13.6. The number of allylic oxidation sites excluding steroid dienone is 1. The molecular formula is C20H18FN3S. The summed E-state index contributed by atoms with van der Waals surface area (Å²) in [5.41, 5.74) is 7.43. The molecule has 0 aliphatic carbocycles. The molecule has 3 nitrogen and oxygen atoms in total. The van der Waals surface area contributed by atoms with Gasteiger partial charge >= 0.3 is 0 Å². The van der Waals surface area contributed by atoms with Gasteiger partial charge in [0.1, 0.15) is 5.82 Å². The average molecular weight is 351 g/mol. The van der Waals surface area contributed by atoms with Crippen molar-refractivity contribution in [3.8, 4) is 11.3 Å². The summed E-state index contributed by atoms with van der Waals surface area (Å²) in [5.74, 6) is -0.248. The van der Waals surface area contributed by atoms with Crippen LogP contribution in [-0.2, 0) is 0 Å². The molecule has 25 heavy (non-hydrogen) atoms. The standard InChI is InChI=1S/C20H18FN3S/c1-14-7-10-17(11-8-14)19-13-25-20(22-19)24-23-15(2)9-12-16-5-3-4-6-18(16)21/h3-13H,1-2H3,(H,22,24)/b12-9+,23-15-. The van der Waals surface area contributed by atoms with Gasteiger partial charge in [-0.3, -0.25) is 5.43 Å². The van der Waals surface area contributed by atoms with Crippen LogP contribution in [0.15, 0.2) is 65.1 Å². The summed E-state index contributed by atoms with van der Waals surface area (Å²) in [6, 6.07) is 14.9. The molecule has 1 aromatic heterocycles. The van der Waals surface area contributed by atoms with Gasteiger partial charge in [0.25, 0.3) is 0 Å². The molecule has 1 heterocycles. The van der Waals surface area contributed by atoms with E-state index in [1.807, 2.05) is 12.3 Å². The van der Waals surface area contributed by atoms with Crippen molar-refractivity contribution in [3.05, 3.63) is 76.9 Å². The molecule has 5 heteroatoms. The molecule has 1 N–H and O–H groups in total. The van der Waals surface area contributed by atoms with E-state index in [1.54, 1.807) is 30.4 Å². The van der Waals surface area contributed by atoms with E-state index < -0.39 is 0 Å². The average Bonchev–Trinajstić information content (AvgIpc) is 3.09. The molecule has 0 atom stereocenters. The van der Waals surface area contributed by atoms with E-state index in [0.717, 1.165) is 17.0 Å². The third-order valence-electron chi connectivity index (χ3n) is 3.59. The monoisotopic (exact) mass is 351 g/mol. The highest BCUT2D eigenvalue weighted by atomic mass is 32.1. The van der Waals surface area contributed by atoms with E-state index in [0.29, 0.717) is 10.7 Å². The topological polar surface area (TPSA) is 37.3 Å². The molecule has 0 saturated heterocycles. The second-order valence-electron chi connectivity index (χ2n) is 5.62. The molecule has 126 valence electrons. The second-order valence-corrected chi connectivity index (χ2v) is 6.48. The number of hydrogen-bond donors (Lipinski definition) is 1. The van der Waals surface area contributed by atoms with Gasteiger partial charge < -0.3 is 0 Å². The number of nitrogens with one attached hydrogen (secondary N) is 1. The third kappa shape index (κ3) is 4.61. The maximum atomic E-state index is 13.6. The molecule has 0 aliphatic rings. The molecule has 2 aromatic carbocycles. The lowest BCUT2D eigenvalue weighted by Gasteiger charge is -1.98. The lowest BCUT2D eigenvalue weighted by molar-refractivity contribution is 0.625. The molecule has 0 spiro atoms. The van der Waals surface area contributed by atoms with E-state index in [-0.39, 0.29) is 5.82 Å². The van der Waals surface area contributed by atoms with E-state index >= 15 is 0 Å². The Morgan fingerprint density at radius 2 is 1.92 bits per heavy atom. The van der Waals surface area contributed by atoms with Crippen LogP contribution >= 0.6 is 11.3 Å². The molecule has 0 unspecified atom stereocenters. The van der Waals surface area contributed by atoms with Crippen molar-refractivity contribution in [3.63, 3.8) is 0 Å². The summed E-state index contributed by atoms with van der Waals surface area (Å²) in [4.78, 5) is 4.53. The predicted molar refractivity (Wildman–Crippen MR) is 104 cm³/mol. The molecule has 0 amide bonds. The highest BCUT2D eigenvalue weighted by Gasteiger charge is 2.03. The molecule has 0 radical (unpaired) electrons. The molecule has 0 fully saturated rings. The van der Waals surface area contributed by atoms with Crippen LogP contribution in [0.25, 0.3) is 17.3 Å². The minimum absolute atomic E-state index is 0.248. The molecule has 3 rings (SSSR count). The van der Waals surface area contributed by atoms with Gasteiger partial charge in [0.05, 0.1) is 11.4 Å². The van der Waals surface area contributed by atoms with Crippen molar-refractivity contribution in [1.29, 1.82) is 0 Å². The zero-order chi connectivity index (χ0) is 17.6. The molecule has 3 aromatic rings. The fourth-order valence-corrected chi connectivity index (χ4v) is 2.84. The molecule has 0 saturated carbocycles. The van der Waals surface area contributed by atoms with Gasteiger partial charge in [0.2, 0.25) is 5.13 Å². The molecular weight excluding hydrogens is 333 g/mol. The van der Waals surface area contributed by atoms with Gasteiger partial charge in [-0.15, -0.1) is 11.3 Å². The zero-order valence-electron chi connectivity index (χ0n) is 14.0. The summed E-state index contributed by atoms with van der Waals surface area (Å²) in [5, 5.41) is 6.98. The van der Waals surface area contributed by atoms with E-state index in [9.17, 15) is 4.39 Å². The SMILES string of the molecule is CC(/C=C/c1ccccc1F)=N/Nc1nc(-c2ccc(C)cc2)cs1. The minimum atomic E-state index is -0.248. The summed E-state index contributed by atoms with van der Waals surface area (Å²) in [6.07, 6.45) is 3.47. The smallest absolute Gasteiger partial charge is 0.203 e. The number of aryl methyl sites for hydroxylation is 1. The quantitative estimate of drug-likeness (QED) is 0.469. The summed E-state index contributed by atoms with van der Waals surface area (Å²) in [6.45, 7) is 3.91. The van der Waals surface area contributed by atoms with Crippen LogP contribution in [0.2, 0.25) is 0 Å². The fourth-order valence-electron chi connectivity index (χ4n) is 2.18. The van der Waals surface area contributed by atoms with Gasteiger partial charge in [-0.1, -0.05) is 54.1 Å². The van der Waals surface area contributed by atoms with Gasteiger partial charge in [-0.05, 0) is 26.0 Å². The Kier molecular flexibility index (Phi) is 5.36. The summed E-state index contributed by atoms with van der Waals surface area (Å²) >= 11 is 1.49. The lowest BCUT2D eigenvalue weighted by atomic mass is 10.1. The van der Waals surface area contributed by atoms with Crippen molar-refractivity contribution < 1.29 is 4.39 Å². The Hall–Kier alpha value is -2.79. The number of nitrogens with zero attached hydrogens (tertiary/aromatic N) is 2. The Morgan fingerprint density at radius 3 is 2.68 bits per heavy atom. The largest absolute Gasteiger partial charge is 0.252 e. The van der Waals surface area contributed by atoms with Crippen LogP contribution in [0.5, 0.6) is 0 Å². The minimum Gasteiger partial charge on any atom is -0.252 e. The summed E-state index contributed by atoms with van der Waals surface area (Å²) in [7, 11) is 0. The fraction of sp³-hybridized carbons (Fsp3) is 0.100. The van der Waals surface area contributed by atoms with Crippen LogP contribution in [0.3, 0.4) is 0 Å². The first kappa shape index (κ1) is 17.0. The predicted octanol–water partition coefficient (Wildman–Crippen LogP) is 5.76. The van der Waals surface area contributed by atoms with Crippen molar-refractivity contribution in [2.75, 3.05) is 5.43 Å². The normalized spacial score (nSPS) is 11.9. The van der Waals surface area contributed by atoms with Crippen molar-refractivity contribution in [2.24, 2.45) is 5.10 Å². The van der Waals surface area contributed by atoms with Crippen LogP contribution in [-0.4, -0.2) is 10.7 Å². The number of rotatable bonds is 5. The first-order valence-corrected chi connectivity index (χ1v) is 8.75. The zero-order valence-corrected chi connectivity index (χ0v) is 14.8. The van der Waals surface area contributed by atoms with Crippen LogP contribution in [0, 0.1) is 12.7 Å². The third-order valence-corrected chi connectivity index (χ3v) is 4.34. The molecule has 0 aliphatic heterocycles. The number of aromatic nitrogens is 1. The Bertz CT molecular complexity index is 911. The van der Waals surface area contributed by atoms with Crippen molar-refractivity contribution in [2.45, 2.75) is 13.8 Å². The van der Waals surface area contributed by atoms with E-state index in [2.05, 4.69) is 46.7 Å². The number of benzene rings is 2. The van der Waals surface area contributed by atoms with Gasteiger partial charge in [-0.25, -0.2) is 9.37 Å². The first-order valence-electron chi connectivity index (χ1n) is 7.87. The van der Waals surface area contributed by atoms with Gasteiger partial charge in [0, 0.05) is 16.5 Å². The Labute approximate surface area is 150 Å². The van der Waals surface area contributed by atoms with E-state index in [4.69, 9.17) is 0 Å². The Morgan fingerprint density at radius 1 is 1.16 bits per heavy atom. The molecule has 0 bridgehead atoms. The maximum absolute atomic E-state index is 13.6. The second kappa shape index (κ2) is 7.85. The lowest BCUT2D eigenvalue weighted by Crippen LogP contribution is -1.94. The number of hydrogen-bond acceptors (Lipinski definition) is 4. The van der Waals surface area contributed by atoms with Crippen molar-refractivity contribution in [1.82, 2.24) is 4.98 Å². The number of halogens is 1. The highest BCUT2D eigenvalue weighted by Crippen LogP contribution is 2.25. The van der Waals surface area contributed by atoms with Crippen molar-refractivity contribution >= 4 is 28.3 Å². The highest BCUT2D eigenvalue weighted by molar-refractivity contribution is 7.14. The van der Waals surface area contributed by atoms with E-state index in [1.165, 1.54) is 23.0 Å². The number of hydrazone groups is 1. The van der Waals surface area contributed by atoms with Gasteiger partial charge in [-0.2, -0.15) is 5.10 Å². The van der Waals surface area contributed by atoms with Gasteiger partial charge in [0.15, 0.2) is 0 Å². The van der Waals surface area contributed by atoms with Crippen LogP contribution in [0.4, 0.5) is 9.52 Å². The maximum Gasteiger partial charge on any atom is 0.203 e.